The third kappa shape index (κ3) is 5.39. The van der Waals surface area contributed by atoms with Crippen LogP contribution in [-0.2, 0) is 16.4 Å². The zero-order valence-corrected chi connectivity index (χ0v) is 19.9. The molecule has 1 unspecified atom stereocenters. The fourth-order valence-corrected chi connectivity index (χ4v) is 5.37. The van der Waals surface area contributed by atoms with Crippen molar-refractivity contribution >= 4 is 27.3 Å². The second-order valence-electron chi connectivity index (χ2n) is 7.64. The number of pyridine rings is 2. The van der Waals surface area contributed by atoms with E-state index in [4.69, 9.17) is 11.6 Å². The highest BCUT2D eigenvalue weighted by molar-refractivity contribution is 7.91. The van der Waals surface area contributed by atoms with E-state index in [1.165, 1.54) is 24.3 Å². The van der Waals surface area contributed by atoms with Gasteiger partial charge in [-0.25, -0.2) is 21.6 Å². The van der Waals surface area contributed by atoms with E-state index < -0.39 is 49.7 Å². The lowest BCUT2D eigenvalue weighted by molar-refractivity contribution is 0.0949. The van der Waals surface area contributed by atoms with E-state index in [1.54, 1.807) is 24.4 Å². The van der Waals surface area contributed by atoms with Gasteiger partial charge in [-0.15, -0.1) is 0 Å². The van der Waals surface area contributed by atoms with Crippen LogP contribution in [0.25, 0.3) is 0 Å². The Balaban J connectivity index is 1.75. The number of nitrogens with zero attached hydrogens (tertiary/aromatic N) is 2. The third-order valence-corrected chi connectivity index (χ3v) is 7.51. The van der Waals surface area contributed by atoms with Crippen LogP contribution in [0.1, 0.15) is 32.6 Å². The molecular weight excluding hydrogens is 515 g/mol. The summed E-state index contributed by atoms with van der Waals surface area (Å²) in [6, 6.07) is 13.1. The van der Waals surface area contributed by atoms with Crippen LogP contribution in [0.5, 0.6) is 0 Å². The van der Waals surface area contributed by atoms with Gasteiger partial charge < -0.3 is 5.32 Å². The van der Waals surface area contributed by atoms with E-state index in [0.29, 0.717) is 11.8 Å². The van der Waals surface area contributed by atoms with Crippen LogP contribution >= 0.6 is 11.6 Å². The van der Waals surface area contributed by atoms with Crippen LogP contribution < -0.4 is 5.32 Å². The molecule has 0 aliphatic heterocycles. The highest BCUT2D eigenvalue weighted by Crippen LogP contribution is 2.37. The van der Waals surface area contributed by atoms with Gasteiger partial charge in [0.2, 0.25) is 0 Å². The zero-order chi connectivity index (χ0) is 25.9. The summed E-state index contributed by atoms with van der Waals surface area (Å²) in [7, 11) is -4.54. The highest BCUT2D eigenvalue weighted by atomic mass is 35.5. The molecule has 2 aromatic carbocycles. The Labute approximate surface area is 209 Å². The van der Waals surface area contributed by atoms with Crippen LogP contribution in [0.15, 0.2) is 84.0 Å². The summed E-state index contributed by atoms with van der Waals surface area (Å²) in [5, 5.41) is 0.754. The number of hydrogen-bond donors (Lipinski definition) is 1. The number of halogens is 4. The first-order valence-electron chi connectivity index (χ1n) is 10.4. The molecule has 0 saturated heterocycles. The lowest BCUT2D eigenvalue weighted by Crippen LogP contribution is -2.24. The summed E-state index contributed by atoms with van der Waals surface area (Å²) in [4.78, 5) is 20.1. The fraction of sp³-hybridized carbons (Fsp3) is 0.0800. The quantitative estimate of drug-likeness (QED) is 0.361. The first kappa shape index (κ1) is 25.3. The van der Waals surface area contributed by atoms with E-state index in [9.17, 15) is 22.0 Å². The maximum Gasteiger partial charge on any atom is 0.253 e. The average molecular weight is 532 g/mol. The normalized spacial score (nSPS) is 12.2. The van der Waals surface area contributed by atoms with Gasteiger partial charge in [-0.1, -0.05) is 17.7 Å². The lowest BCUT2D eigenvalue weighted by Gasteiger charge is -2.20. The number of hydrogen-bond acceptors (Lipinski definition) is 5. The predicted octanol–water partition coefficient (Wildman–Crippen LogP) is 5.04. The smallest absolute Gasteiger partial charge is 0.253 e. The minimum absolute atomic E-state index is 0.0606. The summed E-state index contributed by atoms with van der Waals surface area (Å²) in [6.45, 7) is 0.0606. The first-order valence-corrected chi connectivity index (χ1v) is 12.4. The second-order valence-corrected chi connectivity index (χ2v) is 10.1. The molecule has 0 spiro atoms. The lowest BCUT2D eigenvalue weighted by atomic mass is 10.1. The third-order valence-electron chi connectivity index (χ3n) is 5.23. The van der Waals surface area contributed by atoms with Gasteiger partial charge in [0, 0.05) is 23.0 Å². The van der Waals surface area contributed by atoms with Crippen molar-refractivity contribution in [2.45, 2.75) is 16.7 Å². The molecule has 184 valence electrons. The van der Waals surface area contributed by atoms with E-state index in [2.05, 4.69) is 15.3 Å². The molecule has 0 radical (unpaired) electrons. The van der Waals surface area contributed by atoms with Crippen LogP contribution in [0.4, 0.5) is 13.2 Å². The van der Waals surface area contributed by atoms with Gasteiger partial charge in [0.15, 0.2) is 9.84 Å². The zero-order valence-electron chi connectivity index (χ0n) is 18.3. The molecule has 1 atom stereocenters. The largest absolute Gasteiger partial charge is 0.346 e. The van der Waals surface area contributed by atoms with Crippen LogP contribution in [0.3, 0.4) is 0 Å². The molecule has 2 aromatic heterocycles. The highest BCUT2D eigenvalue weighted by Gasteiger charge is 2.36. The minimum Gasteiger partial charge on any atom is -0.346 e. The molecule has 4 rings (SSSR count). The van der Waals surface area contributed by atoms with Crippen molar-refractivity contribution in [1.29, 1.82) is 0 Å². The van der Waals surface area contributed by atoms with E-state index in [-0.39, 0.29) is 22.0 Å². The van der Waals surface area contributed by atoms with Gasteiger partial charge in [-0.05, 0) is 60.7 Å². The van der Waals surface area contributed by atoms with Crippen molar-refractivity contribution in [3.8, 4) is 0 Å². The number of benzene rings is 2. The number of amides is 1. The van der Waals surface area contributed by atoms with Crippen molar-refractivity contribution in [1.82, 2.24) is 15.3 Å². The van der Waals surface area contributed by atoms with Crippen molar-refractivity contribution in [2.24, 2.45) is 0 Å². The Morgan fingerprint density at radius 2 is 1.69 bits per heavy atom. The Bertz CT molecular complexity index is 1520. The topological polar surface area (TPSA) is 89.0 Å². The van der Waals surface area contributed by atoms with Crippen molar-refractivity contribution in [2.75, 3.05) is 0 Å². The first-order chi connectivity index (χ1) is 17.2. The monoisotopic (exact) mass is 531 g/mol. The van der Waals surface area contributed by atoms with E-state index >= 15 is 4.39 Å². The number of carbonyl (C=O) groups is 1. The van der Waals surface area contributed by atoms with E-state index in [1.807, 2.05) is 0 Å². The standard InChI is InChI=1S/C25H17ClF3N3O3S/c26-16-4-7-19(8-5-16)36(34,35)24(20-12-17(27)6-9-21(20)28)23-22(29)11-15(13-31-23)25(33)32-14-18-3-1-2-10-30-18/h1-13,24H,14H2,(H,32,33). The molecule has 6 nitrogen and oxygen atoms in total. The number of nitrogens with one attached hydrogen (secondary N) is 1. The molecule has 0 saturated carbocycles. The van der Waals surface area contributed by atoms with E-state index in [0.717, 1.165) is 24.4 Å². The molecule has 0 bridgehead atoms. The SMILES string of the molecule is O=C(NCc1ccccn1)c1cnc(C(c2cc(F)ccc2F)S(=O)(=O)c2ccc(Cl)cc2)c(F)c1. The Morgan fingerprint density at radius 3 is 2.36 bits per heavy atom. The van der Waals surface area contributed by atoms with Crippen molar-refractivity contribution in [3.63, 3.8) is 0 Å². The van der Waals surface area contributed by atoms with Crippen LogP contribution in [0.2, 0.25) is 5.02 Å². The van der Waals surface area contributed by atoms with Crippen molar-refractivity contribution < 1.29 is 26.4 Å². The molecule has 36 heavy (non-hydrogen) atoms. The Morgan fingerprint density at radius 1 is 0.944 bits per heavy atom. The summed E-state index contributed by atoms with van der Waals surface area (Å²) < 4.78 is 71.1. The average Bonchev–Trinajstić information content (AvgIpc) is 2.86. The number of carbonyl (C=O) groups excluding carboxylic acids is 1. The molecule has 0 aliphatic rings. The fourth-order valence-electron chi connectivity index (χ4n) is 3.48. The molecule has 0 aliphatic carbocycles. The molecule has 1 amide bonds. The number of sulfone groups is 1. The summed E-state index contributed by atoms with van der Waals surface area (Å²) in [6.07, 6.45) is 2.51. The van der Waals surface area contributed by atoms with Gasteiger partial charge in [0.05, 0.1) is 28.4 Å². The summed E-state index contributed by atoms with van der Waals surface area (Å²) >= 11 is 5.84. The number of aromatic nitrogens is 2. The minimum atomic E-state index is -4.54. The predicted molar refractivity (Wildman–Crippen MR) is 126 cm³/mol. The second kappa shape index (κ2) is 10.5. The molecule has 1 N–H and O–H groups in total. The van der Waals surface area contributed by atoms with Crippen molar-refractivity contribution in [3.05, 3.63) is 124 Å². The van der Waals surface area contributed by atoms with Gasteiger partial charge in [0.25, 0.3) is 5.91 Å². The summed E-state index contributed by atoms with van der Waals surface area (Å²) in [5.74, 6) is -3.87. The maximum absolute atomic E-state index is 15.3. The Kier molecular flexibility index (Phi) is 7.37. The molecular formula is C25H17ClF3N3O3S. The molecule has 11 heteroatoms. The summed E-state index contributed by atoms with van der Waals surface area (Å²) in [5.41, 5.74) is -0.972. The number of rotatable bonds is 7. The van der Waals surface area contributed by atoms with Gasteiger partial charge in [-0.3, -0.25) is 14.8 Å². The Hall–Kier alpha value is -3.76. The molecule has 0 fully saturated rings. The molecule has 4 aromatic rings. The van der Waals surface area contributed by atoms with Crippen LogP contribution in [-0.4, -0.2) is 24.3 Å². The van der Waals surface area contributed by atoms with Gasteiger partial charge in [-0.2, -0.15) is 0 Å². The van der Waals surface area contributed by atoms with Crippen LogP contribution in [0, 0.1) is 17.5 Å². The maximum atomic E-state index is 15.3. The van der Waals surface area contributed by atoms with Gasteiger partial charge in [0.1, 0.15) is 22.7 Å². The molecule has 2 heterocycles. The van der Waals surface area contributed by atoms with Gasteiger partial charge >= 0.3 is 0 Å².